The molecule has 1 aliphatic heterocycles. The Hall–Kier alpha value is -2.93. The van der Waals surface area contributed by atoms with Gasteiger partial charge in [0.2, 0.25) is 0 Å². The van der Waals surface area contributed by atoms with Crippen LogP contribution in [0.3, 0.4) is 0 Å². The van der Waals surface area contributed by atoms with Crippen molar-refractivity contribution in [3.8, 4) is 11.3 Å². The van der Waals surface area contributed by atoms with Gasteiger partial charge in [0.1, 0.15) is 11.6 Å². The topological polar surface area (TPSA) is 61.0 Å². The Balaban J connectivity index is 1.44. The highest BCUT2D eigenvalue weighted by atomic mass is 35.5. The van der Waals surface area contributed by atoms with Gasteiger partial charge in [-0.3, -0.25) is 9.89 Å². The molecule has 0 saturated carbocycles. The van der Waals surface area contributed by atoms with Gasteiger partial charge in [-0.1, -0.05) is 11.6 Å². The molecule has 150 valence electrons. The fraction of sp³-hybridized carbons (Fsp3) is 0.238. The molecule has 5 nitrogen and oxygen atoms in total. The van der Waals surface area contributed by atoms with Gasteiger partial charge in [-0.15, -0.1) is 0 Å². The summed E-state index contributed by atoms with van der Waals surface area (Å²) in [5.74, 6) is -0.627. The minimum Gasteiger partial charge on any atom is -0.353 e. The monoisotopic (exact) mass is 416 g/mol. The highest BCUT2D eigenvalue weighted by Crippen LogP contribution is 2.24. The van der Waals surface area contributed by atoms with Crippen molar-refractivity contribution < 1.29 is 13.6 Å². The number of aromatic amines is 1. The molecule has 0 spiro atoms. The van der Waals surface area contributed by atoms with E-state index in [1.165, 1.54) is 30.3 Å². The fourth-order valence-corrected chi connectivity index (χ4v) is 3.66. The molecule has 1 atom stereocenters. The number of anilines is 1. The minimum absolute atomic E-state index is 0.0620. The van der Waals surface area contributed by atoms with Crippen LogP contribution in [0.15, 0.2) is 48.5 Å². The lowest BCUT2D eigenvalue weighted by molar-refractivity contribution is 0.0929. The van der Waals surface area contributed by atoms with E-state index in [4.69, 9.17) is 11.6 Å². The van der Waals surface area contributed by atoms with Crippen LogP contribution in [0.25, 0.3) is 11.3 Å². The van der Waals surface area contributed by atoms with Crippen molar-refractivity contribution in [2.45, 2.75) is 18.9 Å². The van der Waals surface area contributed by atoms with E-state index in [-0.39, 0.29) is 17.4 Å². The van der Waals surface area contributed by atoms with Gasteiger partial charge in [-0.25, -0.2) is 8.78 Å². The maximum atomic E-state index is 13.9. The number of nitrogens with one attached hydrogen (secondary N) is 2. The number of amides is 1. The van der Waals surface area contributed by atoms with E-state index in [0.29, 0.717) is 11.6 Å². The molecule has 3 aromatic rings. The quantitative estimate of drug-likeness (QED) is 0.662. The molecule has 1 aromatic heterocycles. The first-order chi connectivity index (χ1) is 14.0. The average molecular weight is 417 g/mol. The van der Waals surface area contributed by atoms with Gasteiger partial charge in [0.05, 0.1) is 11.3 Å². The summed E-state index contributed by atoms with van der Waals surface area (Å²) in [5, 5.41) is 10.5. The van der Waals surface area contributed by atoms with E-state index in [2.05, 4.69) is 20.4 Å². The van der Waals surface area contributed by atoms with Gasteiger partial charge in [-0.2, -0.15) is 5.10 Å². The van der Waals surface area contributed by atoms with Crippen LogP contribution in [0.5, 0.6) is 0 Å². The third kappa shape index (κ3) is 4.40. The average Bonchev–Trinajstić information content (AvgIpc) is 3.21. The highest BCUT2D eigenvalue weighted by Gasteiger charge is 2.24. The molecular formula is C21H19ClF2N4O. The first-order valence-electron chi connectivity index (χ1n) is 9.32. The van der Waals surface area contributed by atoms with E-state index in [1.54, 1.807) is 12.1 Å². The van der Waals surface area contributed by atoms with E-state index in [1.807, 2.05) is 6.07 Å². The summed E-state index contributed by atoms with van der Waals surface area (Å²) >= 11 is 5.88. The maximum absolute atomic E-state index is 13.9. The van der Waals surface area contributed by atoms with Gasteiger partial charge >= 0.3 is 0 Å². The zero-order chi connectivity index (χ0) is 20.4. The lowest BCUT2D eigenvalue weighted by Gasteiger charge is -2.33. The van der Waals surface area contributed by atoms with E-state index in [0.717, 1.165) is 36.5 Å². The molecule has 0 unspecified atom stereocenters. The second-order valence-electron chi connectivity index (χ2n) is 7.03. The number of carbonyl (C=O) groups is 1. The van der Waals surface area contributed by atoms with Gasteiger partial charge in [0.15, 0.2) is 5.82 Å². The summed E-state index contributed by atoms with van der Waals surface area (Å²) < 4.78 is 27.1. The number of rotatable bonds is 4. The number of halogens is 3. The van der Waals surface area contributed by atoms with Crippen molar-refractivity contribution in [2.75, 3.05) is 18.0 Å². The molecule has 0 radical (unpaired) electrons. The van der Waals surface area contributed by atoms with Gasteiger partial charge in [-0.05, 0) is 60.9 Å². The molecule has 1 saturated heterocycles. The van der Waals surface area contributed by atoms with Crippen molar-refractivity contribution in [1.29, 1.82) is 0 Å². The van der Waals surface area contributed by atoms with Crippen LogP contribution in [0, 0.1) is 11.6 Å². The molecule has 4 rings (SSSR count). The Morgan fingerprint density at radius 3 is 2.76 bits per heavy atom. The van der Waals surface area contributed by atoms with Crippen molar-refractivity contribution in [1.82, 2.24) is 15.5 Å². The predicted molar refractivity (Wildman–Crippen MR) is 108 cm³/mol. The molecule has 2 heterocycles. The largest absolute Gasteiger partial charge is 0.353 e. The Kier molecular flexibility index (Phi) is 5.49. The summed E-state index contributed by atoms with van der Waals surface area (Å²) in [6.07, 6.45) is 1.65. The standard InChI is InChI=1S/C21H19ClF2N4O/c22-14-5-8-18(24)17(10-14)21(29)25-16-2-1-9-28(12-16)20-11-19(26-27-20)13-3-6-15(23)7-4-13/h3-8,10-11,16H,1-2,9,12H2,(H,25,29)(H,26,27)/t16-/m1/s1. The lowest BCUT2D eigenvalue weighted by atomic mass is 10.0. The van der Waals surface area contributed by atoms with E-state index < -0.39 is 11.7 Å². The fourth-order valence-electron chi connectivity index (χ4n) is 3.49. The van der Waals surface area contributed by atoms with Gasteiger partial charge in [0, 0.05) is 30.2 Å². The van der Waals surface area contributed by atoms with Crippen LogP contribution >= 0.6 is 11.6 Å². The minimum atomic E-state index is -0.601. The maximum Gasteiger partial charge on any atom is 0.254 e. The molecule has 1 amide bonds. The second-order valence-corrected chi connectivity index (χ2v) is 7.47. The molecule has 1 aliphatic rings. The predicted octanol–water partition coefficient (Wildman–Crippen LogP) is 4.41. The van der Waals surface area contributed by atoms with Crippen LogP contribution in [0.4, 0.5) is 14.6 Å². The zero-order valence-corrected chi connectivity index (χ0v) is 16.2. The number of nitrogens with zero attached hydrogens (tertiary/aromatic N) is 2. The van der Waals surface area contributed by atoms with E-state index in [9.17, 15) is 13.6 Å². The summed E-state index contributed by atoms with van der Waals surface area (Å²) in [7, 11) is 0. The molecule has 1 fully saturated rings. The second kappa shape index (κ2) is 8.21. The molecule has 2 aromatic carbocycles. The SMILES string of the molecule is O=C(N[C@@H]1CCCN(c2cc(-c3ccc(F)cc3)[nH]n2)C1)c1cc(Cl)ccc1F. The van der Waals surface area contributed by atoms with Crippen LogP contribution in [-0.2, 0) is 0 Å². The molecular weight excluding hydrogens is 398 g/mol. The molecule has 2 N–H and O–H groups in total. The van der Waals surface area contributed by atoms with Crippen molar-refractivity contribution in [3.63, 3.8) is 0 Å². The van der Waals surface area contributed by atoms with Crippen molar-refractivity contribution >= 4 is 23.3 Å². The van der Waals surface area contributed by atoms with Crippen LogP contribution in [-0.4, -0.2) is 35.2 Å². The number of carbonyl (C=O) groups excluding carboxylic acids is 1. The number of hydrogen-bond donors (Lipinski definition) is 2. The third-order valence-electron chi connectivity index (χ3n) is 4.97. The molecule has 8 heteroatoms. The molecule has 0 bridgehead atoms. The van der Waals surface area contributed by atoms with Crippen LogP contribution < -0.4 is 10.2 Å². The Morgan fingerprint density at radius 1 is 1.17 bits per heavy atom. The summed E-state index contributed by atoms with van der Waals surface area (Å²) in [6.45, 7) is 1.35. The first-order valence-corrected chi connectivity index (χ1v) is 9.69. The number of aromatic nitrogens is 2. The smallest absolute Gasteiger partial charge is 0.254 e. The van der Waals surface area contributed by atoms with Gasteiger partial charge < -0.3 is 10.2 Å². The van der Waals surface area contributed by atoms with Crippen LogP contribution in [0.2, 0.25) is 5.02 Å². The van der Waals surface area contributed by atoms with Crippen molar-refractivity contribution in [3.05, 3.63) is 70.8 Å². The number of benzene rings is 2. The van der Waals surface area contributed by atoms with Crippen molar-refractivity contribution in [2.24, 2.45) is 0 Å². The Morgan fingerprint density at radius 2 is 1.97 bits per heavy atom. The summed E-state index contributed by atoms with van der Waals surface area (Å²) in [5.41, 5.74) is 1.56. The Labute approximate surface area is 171 Å². The third-order valence-corrected chi connectivity index (χ3v) is 5.21. The summed E-state index contributed by atoms with van der Waals surface area (Å²) in [4.78, 5) is 14.5. The highest BCUT2D eigenvalue weighted by molar-refractivity contribution is 6.31. The Bertz CT molecular complexity index is 1020. The molecule has 0 aliphatic carbocycles. The van der Waals surface area contributed by atoms with Crippen LogP contribution in [0.1, 0.15) is 23.2 Å². The van der Waals surface area contributed by atoms with Gasteiger partial charge in [0.25, 0.3) is 5.91 Å². The lowest BCUT2D eigenvalue weighted by Crippen LogP contribution is -2.48. The number of H-pyrrole nitrogens is 1. The normalized spacial score (nSPS) is 16.7. The zero-order valence-electron chi connectivity index (χ0n) is 15.5. The van der Waals surface area contributed by atoms with E-state index >= 15 is 0 Å². The number of hydrogen-bond acceptors (Lipinski definition) is 3. The number of piperidine rings is 1. The first kappa shape index (κ1) is 19.4. The molecule has 29 heavy (non-hydrogen) atoms. The summed E-state index contributed by atoms with van der Waals surface area (Å²) in [6, 6.07) is 11.9.